The molecule has 1 nitrogen and oxygen atoms in total. The lowest BCUT2D eigenvalue weighted by molar-refractivity contribution is 1.31. The Labute approximate surface area is 164 Å². The monoisotopic (exact) mass is 355 g/mol. The molecule has 0 atom stereocenters. The van der Waals surface area contributed by atoms with Crippen molar-refractivity contribution in [1.29, 1.82) is 0 Å². The molecule has 1 heterocycles. The zero-order chi connectivity index (χ0) is 19.6. The first-order valence-corrected chi connectivity index (χ1v) is 9.65. The van der Waals surface area contributed by atoms with Crippen molar-refractivity contribution < 1.29 is 0 Å². The summed E-state index contributed by atoms with van der Waals surface area (Å²) in [5.74, 6) is 0. The Morgan fingerprint density at radius 2 is 1.33 bits per heavy atom. The van der Waals surface area contributed by atoms with E-state index in [4.69, 9.17) is 4.98 Å². The number of aryl methyl sites for hydroxylation is 1. The second kappa shape index (κ2) is 10.3. The molecular weight excluding hydrogens is 326 g/mol. The minimum Gasteiger partial charge on any atom is -0.248 e. The van der Waals surface area contributed by atoms with Crippen LogP contribution in [0.5, 0.6) is 0 Å². The molecule has 0 aliphatic heterocycles. The number of nitrogens with zero attached hydrogens (tertiary/aromatic N) is 1. The van der Waals surface area contributed by atoms with Crippen LogP contribution in [0.15, 0.2) is 85.0 Å². The van der Waals surface area contributed by atoms with Crippen LogP contribution in [0, 0.1) is 6.92 Å². The van der Waals surface area contributed by atoms with Crippen LogP contribution in [0.3, 0.4) is 0 Å². The van der Waals surface area contributed by atoms with Gasteiger partial charge in [0.05, 0.1) is 11.4 Å². The lowest BCUT2D eigenvalue weighted by Gasteiger charge is -2.11. The first-order chi connectivity index (χ1) is 13.2. The van der Waals surface area contributed by atoms with Crippen LogP contribution >= 0.6 is 0 Å². The van der Waals surface area contributed by atoms with Crippen molar-refractivity contribution in [2.75, 3.05) is 0 Å². The fourth-order valence-electron chi connectivity index (χ4n) is 2.86. The van der Waals surface area contributed by atoms with Crippen LogP contribution in [0.2, 0.25) is 0 Å². The Bertz CT molecular complexity index is 901. The lowest BCUT2D eigenvalue weighted by atomic mass is 9.99. The molecule has 0 saturated heterocycles. The van der Waals surface area contributed by atoms with Gasteiger partial charge >= 0.3 is 0 Å². The first kappa shape index (κ1) is 20.4. The quantitative estimate of drug-likeness (QED) is 0.436. The van der Waals surface area contributed by atoms with Crippen molar-refractivity contribution >= 4 is 5.57 Å². The van der Waals surface area contributed by atoms with Crippen molar-refractivity contribution in [2.24, 2.45) is 0 Å². The Morgan fingerprint density at radius 3 is 1.85 bits per heavy atom. The summed E-state index contributed by atoms with van der Waals surface area (Å²) in [6, 6.07) is 23.2. The van der Waals surface area contributed by atoms with Crippen LogP contribution in [-0.4, -0.2) is 4.98 Å². The Balaban J connectivity index is 0.00000126. The molecule has 2 aromatic carbocycles. The Morgan fingerprint density at radius 1 is 0.778 bits per heavy atom. The predicted octanol–water partition coefficient (Wildman–Crippen LogP) is 7.73. The van der Waals surface area contributed by atoms with Crippen LogP contribution in [0.25, 0.3) is 28.1 Å². The van der Waals surface area contributed by atoms with Crippen molar-refractivity contribution in [2.45, 2.75) is 34.6 Å². The van der Waals surface area contributed by atoms with Crippen molar-refractivity contribution in [3.05, 3.63) is 96.1 Å². The number of hydrogen-bond acceptors (Lipinski definition) is 1. The van der Waals surface area contributed by atoms with Gasteiger partial charge in [0.1, 0.15) is 0 Å². The maximum absolute atomic E-state index is 4.93. The minimum absolute atomic E-state index is 0.998. The Hall–Kier alpha value is -2.93. The summed E-state index contributed by atoms with van der Waals surface area (Å²) in [6.07, 6.45) is 6.36. The average Bonchev–Trinajstić information content (AvgIpc) is 2.74. The minimum atomic E-state index is 0.998. The molecule has 138 valence electrons. The van der Waals surface area contributed by atoms with Crippen LogP contribution in [0.4, 0.5) is 0 Å². The number of aromatic nitrogens is 1. The number of rotatable bonds is 4. The summed E-state index contributed by atoms with van der Waals surface area (Å²) in [5, 5.41) is 0. The van der Waals surface area contributed by atoms with Gasteiger partial charge in [0.2, 0.25) is 0 Å². The average molecular weight is 356 g/mol. The zero-order valence-electron chi connectivity index (χ0n) is 17.0. The topological polar surface area (TPSA) is 12.9 Å². The molecular formula is C26H29N. The molecule has 0 spiro atoms. The van der Waals surface area contributed by atoms with E-state index in [-0.39, 0.29) is 0 Å². The molecule has 0 N–H and O–H groups in total. The van der Waals surface area contributed by atoms with Crippen LogP contribution in [0.1, 0.15) is 38.8 Å². The second-order valence-corrected chi connectivity index (χ2v) is 6.10. The highest BCUT2D eigenvalue weighted by atomic mass is 14.7. The van der Waals surface area contributed by atoms with E-state index in [9.17, 15) is 0 Å². The van der Waals surface area contributed by atoms with Gasteiger partial charge in [0, 0.05) is 11.1 Å². The van der Waals surface area contributed by atoms with Gasteiger partial charge in [-0.3, -0.25) is 0 Å². The van der Waals surface area contributed by atoms with E-state index in [0.717, 1.165) is 22.5 Å². The number of allylic oxidation sites excluding steroid dienone is 4. The van der Waals surface area contributed by atoms with Gasteiger partial charge in [0.25, 0.3) is 0 Å². The molecule has 0 fully saturated rings. The summed E-state index contributed by atoms with van der Waals surface area (Å²) in [4.78, 5) is 4.93. The third kappa shape index (κ3) is 5.27. The van der Waals surface area contributed by atoms with Gasteiger partial charge in [0.15, 0.2) is 0 Å². The van der Waals surface area contributed by atoms with E-state index in [0.29, 0.717) is 0 Å². The van der Waals surface area contributed by atoms with Gasteiger partial charge in [-0.1, -0.05) is 92.2 Å². The van der Waals surface area contributed by atoms with Gasteiger partial charge in [-0.15, -0.1) is 0 Å². The van der Waals surface area contributed by atoms with Crippen molar-refractivity contribution in [3.63, 3.8) is 0 Å². The van der Waals surface area contributed by atoms with Gasteiger partial charge in [-0.25, -0.2) is 4.98 Å². The molecule has 0 bridgehead atoms. The molecule has 3 aromatic rings. The highest BCUT2D eigenvalue weighted by Gasteiger charge is 2.08. The summed E-state index contributed by atoms with van der Waals surface area (Å²) >= 11 is 0. The predicted molar refractivity (Wildman–Crippen MR) is 120 cm³/mol. The molecule has 0 saturated carbocycles. The fourth-order valence-corrected chi connectivity index (χ4v) is 2.86. The molecule has 3 rings (SSSR count). The van der Waals surface area contributed by atoms with Gasteiger partial charge in [-0.05, 0) is 44.0 Å². The van der Waals surface area contributed by atoms with Crippen LogP contribution < -0.4 is 0 Å². The Kier molecular flexibility index (Phi) is 7.76. The zero-order valence-corrected chi connectivity index (χ0v) is 17.0. The number of pyridine rings is 1. The van der Waals surface area contributed by atoms with Crippen molar-refractivity contribution in [1.82, 2.24) is 4.98 Å². The third-order valence-electron chi connectivity index (χ3n) is 4.23. The summed E-state index contributed by atoms with van der Waals surface area (Å²) in [6.45, 7) is 10.2. The standard InChI is InChI=1S/C24H23N.C2H6/c1-4-9-19(5-2)22-16-23(20-10-7-6-8-11-20)25-24(17-22)21-14-12-18(3)13-15-21;1-2/h4-17H,1-3H3;1-2H3/b9-4-,19-5+;. The van der Waals surface area contributed by atoms with Gasteiger partial charge in [-0.2, -0.15) is 0 Å². The lowest BCUT2D eigenvalue weighted by Crippen LogP contribution is -1.93. The first-order valence-electron chi connectivity index (χ1n) is 9.65. The molecule has 0 amide bonds. The molecule has 0 aliphatic carbocycles. The molecule has 27 heavy (non-hydrogen) atoms. The summed E-state index contributed by atoms with van der Waals surface area (Å²) in [5.41, 5.74) is 7.92. The third-order valence-corrected chi connectivity index (χ3v) is 4.23. The molecule has 0 aliphatic rings. The maximum atomic E-state index is 4.93. The van der Waals surface area contributed by atoms with E-state index >= 15 is 0 Å². The summed E-state index contributed by atoms with van der Waals surface area (Å²) < 4.78 is 0. The fraction of sp³-hybridized carbons (Fsp3) is 0.192. The smallest absolute Gasteiger partial charge is 0.0715 e. The normalized spacial score (nSPS) is 11.2. The largest absolute Gasteiger partial charge is 0.248 e. The number of benzene rings is 2. The molecule has 1 aromatic heterocycles. The van der Waals surface area contributed by atoms with E-state index in [1.54, 1.807) is 0 Å². The van der Waals surface area contributed by atoms with E-state index in [2.05, 4.69) is 92.7 Å². The highest BCUT2D eigenvalue weighted by Crippen LogP contribution is 2.28. The van der Waals surface area contributed by atoms with Crippen molar-refractivity contribution in [3.8, 4) is 22.5 Å². The van der Waals surface area contributed by atoms with E-state index < -0.39 is 0 Å². The summed E-state index contributed by atoms with van der Waals surface area (Å²) in [7, 11) is 0. The molecule has 1 heteroatoms. The second-order valence-electron chi connectivity index (χ2n) is 6.10. The molecule has 0 radical (unpaired) electrons. The SMILES string of the molecule is C/C=C\C(=C/C)c1cc(-c2ccccc2)nc(-c2ccc(C)cc2)c1.CC. The number of hydrogen-bond donors (Lipinski definition) is 0. The van der Waals surface area contributed by atoms with E-state index in [1.807, 2.05) is 26.8 Å². The van der Waals surface area contributed by atoms with E-state index in [1.165, 1.54) is 16.7 Å². The van der Waals surface area contributed by atoms with Gasteiger partial charge < -0.3 is 0 Å². The van der Waals surface area contributed by atoms with Crippen LogP contribution in [-0.2, 0) is 0 Å². The highest BCUT2D eigenvalue weighted by molar-refractivity contribution is 5.79. The maximum Gasteiger partial charge on any atom is 0.0715 e. The molecule has 0 unspecified atom stereocenters.